The van der Waals surface area contributed by atoms with Crippen molar-refractivity contribution in [1.29, 1.82) is 0 Å². The van der Waals surface area contributed by atoms with Crippen LogP contribution in [-0.2, 0) is 6.42 Å². The van der Waals surface area contributed by atoms with Gasteiger partial charge in [-0.15, -0.1) is 0 Å². The molecule has 0 radical (unpaired) electrons. The molecule has 3 atom stereocenters. The van der Waals surface area contributed by atoms with Crippen LogP contribution >= 0.6 is 0 Å². The van der Waals surface area contributed by atoms with Crippen LogP contribution in [0.1, 0.15) is 45.1 Å². The highest BCUT2D eigenvalue weighted by Crippen LogP contribution is 2.33. The third-order valence-electron chi connectivity index (χ3n) is 5.34. The molecule has 21 heavy (non-hydrogen) atoms. The maximum Gasteiger partial charge on any atom is 0.0399 e. The van der Waals surface area contributed by atoms with Crippen molar-refractivity contribution in [3.05, 3.63) is 29.8 Å². The quantitative estimate of drug-likeness (QED) is 0.884. The van der Waals surface area contributed by atoms with Gasteiger partial charge in [0.15, 0.2) is 0 Å². The number of benzene rings is 1. The summed E-state index contributed by atoms with van der Waals surface area (Å²) in [4.78, 5) is 2.64. The molecule has 1 aromatic rings. The predicted molar refractivity (Wildman–Crippen MR) is 90.9 cm³/mol. The van der Waals surface area contributed by atoms with Crippen molar-refractivity contribution in [2.24, 2.45) is 11.8 Å². The molecule has 0 bridgehead atoms. The Balaban J connectivity index is 1.67. The second-order valence-electron chi connectivity index (χ2n) is 7.06. The van der Waals surface area contributed by atoms with Crippen LogP contribution in [0.5, 0.6) is 0 Å². The lowest BCUT2D eigenvalue weighted by Gasteiger charge is -2.38. The highest BCUT2D eigenvalue weighted by Gasteiger charge is 2.31. The molecule has 0 aromatic heterocycles. The highest BCUT2D eigenvalue weighted by molar-refractivity contribution is 5.57. The van der Waals surface area contributed by atoms with Gasteiger partial charge in [0, 0.05) is 24.8 Å². The Morgan fingerprint density at radius 2 is 2.10 bits per heavy atom. The van der Waals surface area contributed by atoms with E-state index in [1.165, 1.54) is 57.4 Å². The van der Waals surface area contributed by atoms with E-state index in [1.807, 2.05) is 0 Å². The Bertz CT molecular complexity index is 455. The van der Waals surface area contributed by atoms with Crippen LogP contribution in [0.3, 0.4) is 0 Å². The van der Waals surface area contributed by atoms with E-state index in [1.54, 1.807) is 5.56 Å². The average Bonchev–Trinajstić information content (AvgIpc) is 2.90. The van der Waals surface area contributed by atoms with Gasteiger partial charge < -0.3 is 10.2 Å². The Kier molecular flexibility index (Phi) is 4.84. The molecule has 0 spiro atoms. The molecular weight excluding hydrogens is 256 g/mol. The molecule has 2 heteroatoms. The van der Waals surface area contributed by atoms with Gasteiger partial charge in [-0.1, -0.05) is 32.0 Å². The van der Waals surface area contributed by atoms with Crippen molar-refractivity contribution in [3.63, 3.8) is 0 Å². The van der Waals surface area contributed by atoms with Gasteiger partial charge in [0.25, 0.3) is 0 Å². The number of para-hydroxylation sites is 1. The average molecular weight is 286 g/mol. The van der Waals surface area contributed by atoms with Gasteiger partial charge in [0.1, 0.15) is 0 Å². The summed E-state index contributed by atoms with van der Waals surface area (Å²) in [5.41, 5.74) is 3.03. The summed E-state index contributed by atoms with van der Waals surface area (Å²) in [5.74, 6) is 1.71. The molecule has 1 aliphatic heterocycles. The molecule has 0 amide bonds. The van der Waals surface area contributed by atoms with E-state index in [9.17, 15) is 0 Å². The van der Waals surface area contributed by atoms with Crippen LogP contribution in [0.2, 0.25) is 0 Å². The molecular formula is C19H30N2. The summed E-state index contributed by atoms with van der Waals surface area (Å²) in [6.07, 6.45) is 6.62. The van der Waals surface area contributed by atoms with E-state index in [0.717, 1.165) is 17.9 Å². The highest BCUT2D eigenvalue weighted by atomic mass is 15.2. The smallest absolute Gasteiger partial charge is 0.0399 e. The van der Waals surface area contributed by atoms with Crippen LogP contribution in [-0.4, -0.2) is 25.7 Å². The van der Waals surface area contributed by atoms with Crippen molar-refractivity contribution >= 4 is 5.69 Å². The molecule has 1 aromatic carbocycles. The van der Waals surface area contributed by atoms with E-state index < -0.39 is 0 Å². The van der Waals surface area contributed by atoms with E-state index in [4.69, 9.17) is 0 Å². The fourth-order valence-electron chi connectivity index (χ4n) is 4.18. The first-order chi connectivity index (χ1) is 10.3. The summed E-state index contributed by atoms with van der Waals surface area (Å²) in [7, 11) is 0. The number of hydrogen-bond donors (Lipinski definition) is 1. The minimum Gasteiger partial charge on any atom is -0.371 e. The van der Waals surface area contributed by atoms with Crippen LogP contribution < -0.4 is 10.2 Å². The van der Waals surface area contributed by atoms with Gasteiger partial charge in [-0.05, 0) is 62.1 Å². The summed E-state index contributed by atoms with van der Waals surface area (Å²) >= 11 is 0. The third-order valence-corrected chi connectivity index (χ3v) is 5.34. The van der Waals surface area contributed by atoms with Crippen molar-refractivity contribution in [3.8, 4) is 0 Å². The van der Waals surface area contributed by atoms with E-state index in [0.29, 0.717) is 0 Å². The molecule has 2 aliphatic rings. The Hall–Kier alpha value is -1.02. The zero-order valence-electron chi connectivity index (χ0n) is 13.6. The molecule has 1 N–H and O–H groups in total. The first-order valence-corrected chi connectivity index (χ1v) is 8.84. The summed E-state index contributed by atoms with van der Waals surface area (Å²) in [6, 6.07) is 9.70. The van der Waals surface area contributed by atoms with Crippen LogP contribution in [0, 0.1) is 11.8 Å². The van der Waals surface area contributed by atoms with Gasteiger partial charge >= 0.3 is 0 Å². The molecule has 2 nitrogen and oxygen atoms in total. The van der Waals surface area contributed by atoms with E-state index >= 15 is 0 Å². The summed E-state index contributed by atoms with van der Waals surface area (Å²) < 4.78 is 0. The second kappa shape index (κ2) is 6.83. The Morgan fingerprint density at radius 3 is 2.95 bits per heavy atom. The lowest BCUT2D eigenvalue weighted by Crippen LogP contribution is -2.45. The van der Waals surface area contributed by atoms with Crippen LogP contribution in [0.4, 0.5) is 5.69 Å². The number of rotatable bonds is 5. The van der Waals surface area contributed by atoms with E-state index in [-0.39, 0.29) is 0 Å². The number of nitrogens with one attached hydrogen (secondary N) is 1. The largest absolute Gasteiger partial charge is 0.371 e. The monoisotopic (exact) mass is 286 g/mol. The first-order valence-electron chi connectivity index (χ1n) is 8.84. The zero-order chi connectivity index (χ0) is 14.7. The maximum atomic E-state index is 3.81. The van der Waals surface area contributed by atoms with Gasteiger partial charge in [-0.2, -0.15) is 0 Å². The fourth-order valence-corrected chi connectivity index (χ4v) is 4.18. The van der Waals surface area contributed by atoms with Crippen molar-refractivity contribution < 1.29 is 0 Å². The Morgan fingerprint density at radius 1 is 1.24 bits per heavy atom. The standard InChI is InChI=1S/C19H30N2/c1-3-11-20-18-9-8-15(2)13-17(18)14-21-12-10-16-6-4-5-7-19(16)21/h4-7,15,17-18,20H,3,8-14H2,1-2H3. The van der Waals surface area contributed by atoms with Crippen molar-refractivity contribution in [2.75, 3.05) is 24.5 Å². The number of nitrogens with zero attached hydrogens (tertiary/aromatic N) is 1. The van der Waals surface area contributed by atoms with Gasteiger partial charge in [-0.25, -0.2) is 0 Å². The van der Waals surface area contributed by atoms with Gasteiger partial charge in [-0.3, -0.25) is 0 Å². The lowest BCUT2D eigenvalue weighted by molar-refractivity contribution is 0.216. The minimum atomic E-state index is 0.730. The molecule has 3 unspecified atom stereocenters. The summed E-state index contributed by atoms with van der Waals surface area (Å²) in [6.45, 7) is 8.32. The van der Waals surface area contributed by atoms with Crippen molar-refractivity contribution in [1.82, 2.24) is 5.32 Å². The van der Waals surface area contributed by atoms with Crippen molar-refractivity contribution in [2.45, 2.75) is 52.0 Å². The minimum absolute atomic E-state index is 0.730. The zero-order valence-corrected chi connectivity index (χ0v) is 13.6. The summed E-state index contributed by atoms with van der Waals surface area (Å²) in [5, 5.41) is 3.81. The second-order valence-corrected chi connectivity index (χ2v) is 7.06. The molecule has 116 valence electrons. The molecule has 3 rings (SSSR count). The molecule has 1 aliphatic carbocycles. The topological polar surface area (TPSA) is 15.3 Å². The van der Waals surface area contributed by atoms with Gasteiger partial charge in [0.05, 0.1) is 0 Å². The van der Waals surface area contributed by atoms with E-state index in [2.05, 4.69) is 48.3 Å². The third kappa shape index (κ3) is 3.42. The first kappa shape index (κ1) is 14.9. The molecule has 0 saturated heterocycles. The van der Waals surface area contributed by atoms with Gasteiger partial charge in [0.2, 0.25) is 0 Å². The molecule has 1 fully saturated rings. The number of anilines is 1. The number of fused-ring (bicyclic) bond motifs is 1. The normalized spacial score (nSPS) is 28.7. The maximum absolute atomic E-state index is 3.81. The van der Waals surface area contributed by atoms with Crippen LogP contribution in [0.25, 0.3) is 0 Å². The van der Waals surface area contributed by atoms with Crippen LogP contribution in [0.15, 0.2) is 24.3 Å². The Labute approximate surface area is 129 Å². The predicted octanol–water partition coefficient (Wildman–Crippen LogP) is 3.85. The lowest BCUT2D eigenvalue weighted by atomic mass is 9.78. The number of hydrogen-bond acceptors (Lipinski definition) is 2. The fraction of sp³-hybridized carbons (Fsp3) is 0.684. The molecule has 1 heterocycles. The SMILES string of the molecule is CCCNC1CCC(C)CC1CN1CCc2ccccc21. The molecule has 1 saturated carbocycles.